The number of nitrogens with zero attached hydrogens (tertiary/aromatic N) is 4. The molecular formula is C28H32FN5O2. The van der Waals surface area contributed by atoms with E-state index in [-0.39, 0.29) is 11.8 Å². The van der Waals surface area contributed by atoms with Gasteiger partial charge in [-0.05, 0) is 74.6 Å². The zero-order chi connectivity index (χ0) is 25.5. The maximum absolute atomic E-state index is 15.1. The lowest BCUT2D eigenvalue weighted by atomic mass is 10.0. The van der Waals surface area contributed by atoms with Crippen LogP contribution in [0.5, 0.6) is 0 Å². The number of carbonyl (C=O) groups is 1. The monoisotopic (exact) mass is 489 g/mol. The molecule has 1 N–H and O–H groups in total. The van der Waals surface area contributed by atoms with Crippen LogP contribution in [0.25, 0.3) is 0 Å². The van der Waals surface area contributed by atoms with E-state index >= 15 is 4.39 Å². The van der Waals surface area contributed by atoms with E-state index in [1.165, 1.54) is 6.07 Å². The molecule has 1 fully saturated rings. The fraction of sp³-hybridized carbons (Fsp3) is 0.286. The number of aromatic nitrogens is 1. The number of hydrogen-bond donors (Lipinski definition) is 1. The van der Waals surface area contributed by atoms with Crippen LogP contribution < -0.4 is 15.1 Å². The Balaban J connectivity index is 1.36. The second-order valence-electron chi connectivity index (χ2n) is 8.98. The molecule has 0 saturated carbocycles. The van der Waals surface area contributed by atoms with Crippen molar-refractivity contribution in [3.63, 3.8) is 0 Å². The van der Waals surface area contributed by atoms with Crippen LogP contribution in [-0.2, 0) is 11.2 Å². The molecule has 0 atom stereocenters. The van der Waals surface area contributed by atoms with Gasteiger partial charge >= 0.3 is 6.03 Å². The molecule has 7 nitrogen and oxygen atoms in total. The molecule has 0 radical (unpaired) electrons. The second kappa shape index (κ2) is 11.7. The molecule has 2 aromatic carbocycles. The molecule has 0 bridgehead atoms. The first-order valence-corrected chi connectivity index (χ1v) is 12.0. The number of para-hydroxylation sites is 1. The van der Waals surface area contributed by atoms with Crippen molar-refractivity contribution in [2.24, 2.45) is 0 Å². The molecule has 0 unspecified atom stereocenters. The van der Waals surface area contributed by atoms with Crippen molar-refractivity contribution in [3.8, 4) is 0 Å². The molecule has 36 heavy (non-hydrogen) atoms. The van der Waals surface area contributed by atoms with Gasteiger partial charge in [-0.3, -0.25) is 9.80 Å². The van der Waals surface area contributed by atoms with E-state index < -0.39 is 0 Å². The van der Waals surface area contributed by atoms with Crippen molar-refractivity contribution in [3.05, 3.63) is 96.3 Å². The van der Waals surface area contributed by atoms with E-state index in [0.717, 1.165) is 24.2 Å². The van der Waals surface area contributed by atoms with Gasteiger partial charge in [-0.2, -0.15) is 0 Å². The highest BCUT2D eigenvalue weighted by Gasteiger charge is 2.30. The van der Waals surface area contributed by atoms with E-state index in [1.807, 2.05) is 56.6 Å². The highest BCUT2D eigenvalue weighted by molar-refractivity contribution is 6.06. The zero-order valence-corrected chi connectivity index (χ0v) is 20.8. The molecule has 0 aliphatic carbocycles. The number of hydrogen-bond acceptors (Lipinski definition) is 5. The fourth-order valence-electron chi connectivity index (χ4n) is 4.10. The predicted molar refractivity (Wildman–Crippen MR) is 142 cm³/mol. The summed E-state index contributed by atoms with van der Waals surface area (Å²) in [5, 5.41) is 3.06. The summed E-state index contributed by atoms with van der Waals surface area (Å²) >= 11 is 0. The van der Waals surface area contributed by atoms with E-state index in [4.69, 9.17) is 4.74 Å². The lowest BCUT2D eigenvalue weighted by Crippen LogP contribution is -2.31. The fourth-order valence-corrected chi connectivity index (χ4v) is 4.10. The van der Waals surface area contributed by atoms with Crippen molar-refractivity contribution in [1.29, 1.82) is 0 Å². The summed E-state index contributed by atoms with van der Waals surface area (Å²) in [4.78, 5) is 22.6. The van der Waals surface area contributed by atoms with Gasteiger partial charge in [0.2, 0.25) is 0 Å². The summed E-state index contributed by atoms with van der Waals surface area (Å²) in [5.74, 6) is 0.665. The summed E-state index contributed by atoms with van der Waals surface area (Å²) < 4.78 is 20.7. The third kappa shape index (κ3) is 6.40. The van der Waals surface area contributed by atoms with E-state index in [2.05, 4.69) is 21.8 Å². The molecule has 188 valence electrons. The maximum Gasteiger partial charge on any atom is 0.329 e. The Labute approximate surface area is 211 Å². The number of pyridine rings is 1. The first-order chi connectivity index (χ1) is 17.4. The van der Waals surface area contributed by atoms with Crippen molar-refractivity contribution < 1.29 is 13.9 Å². The predicted octanol–water partition coefficient (Wildman–Crippen LogP) is 5.11. The Kier molecular flexibility index (Phi) is 8.17. The van der Waals surface area contributed by atoms with Crippen LogP contribution in [0.15, 0.2) is 79.3 Å². The molecule has 0 spiro atoms. The van der Waals surface area contributed by atoms with Crippen LogP contribution in [-0.4, -0.2) is 56.3 Å². The summed E-state index contributed by atoms with van der Waals surface area (Å²) in [6, 6.07) is 18.0. The number of benzene rings is 2. The Morgan fingerprint density at radius 3 is 2.56 bits per heavy atom. The minimum Gasteiger partial charge on any atom is -0.479 e. The Morgan fingerprint density at radius 1 is 1.08 bits per heavy atom. The van der Waals surface area contributed by atoms with Crippen LogP contribution in [0.1, 0.15) is 17.5 Å². The lowest BCUT2D eigenvalue weighted by molar-refractivity contribution is 0.202. The van der Waals surface area contributed by atoms with Gasteiger partial charge in [0.25, 0.3) is 0 Å². The number of nitrogens with one attached hydrogen (secondary N) is 1. The first-order valence-electron chi connectivity index (χ1n) is 12.0. The minimum atomic E-state index is -0.349. The van der Waals surface area contributed by atoms with Gasteiger partial charge in [-0.1, -0.05) is 24.3 Å². The highest BCUT2D eigenvalue weighted by atomic mass is 19.1. The van der Waals surface area contributed by atoms with Gasteiger partial charge in [0.1, 0.15) is 11.6 Å². The number of rotatable bonds is 11. The third-order valence-electron chi connectivity index (χ3n) is 5.94. The summed E-state index contributed by atoms with van der Waals surface area (Å²) in [6.45, 7) is 6.45. The summed E-state index contributed by atoms with van der Waals surface area (Å²) in [7, 11) is 4.04. The standard InChI is InChI=1S/C28H32FN5O2/c1-21(36-17-7-14-32(2)3)31-27-19-22(12-13-30-27)18-23-10-11-25(20-26(23)29)34-16-15-33(28(34)35)24-8-5-4-6-9-24/h4-6,8-13,19-20H,1,7,14-18H2,2-3H3,(H,30,31). The number of halogens is 1. The average Bonchev–Trinajstić information content (AvgIpc) is 3.25. The van der Waals surface area contributed by atoms with Crippen LogP contribution >= 0.6 is 0 Å². The molecule has 4 rings (SSSR count). The number of urea groups is 1. The average molecular weight is 490 g/mol. The molecule has 1 aliphatic heterocycles. The number of carbonyl (C=O) groups excluding carboxylic acids is 1. The molecule has 3 aromatic rings. The number of anilines is 3. The van der Waals surface area contributed by atoms with Gasteiger partial charge in [0, 0.05) is 43.6 Å². The molecule has 1 saturated heterocycles. The SMILES string of the molecule is C=C(Nc1cc(Cc2ccc(N3CCN(c4ccccc4)C3=O)cc2F)ccn1)OCCCN(C)C. The van der Waals surface area contributed by atoms with Crippen LogP contribution in [0.4, 0.5) is 26.4 Å². The molecule has 2 amide bonds. The van der Waals surface area contributed by atoms with Gasteiger partial charge in [0.05, 0.1) is 6.61 Å². The third-order valence-corrected chi connectivity index (χ3v) is 5.94. The molecule has 2 heterocycles. The highest BCUT2D eigenvalue weighted by Crippen LogP contribution is 2.27. The van der Waals surface area contributed by atoms with Gasteiger partial charge in [-0.15, -0.1) is 0 Å². The Hall–Kier alpha value is -3.91. The second-order valence-corrected chi connectivity index (χ2v) is 8.98. The van der Waals surface area contributed by atoms with Crippen molar-refractivity contribution >= 4 is 23.2 Å². The summed E-state index contributed by atoms with van der Waals surface area (Å²) in [5.41, 5.74) is 2.83. The molecular weight excluding hydrogens is 457 g/mol. The quantitative estimate of drug-likeness (QED) is 0.300. The topological polar surface area (TPSA) is 60.9 Å². The van der Waals surface area contributed by atoms with Crippen molar-refractivity contribution in [1.82, 2.24) is 9.88 Å². The van der Waals surface area contributed by atoms with E-state index in [9.17, 15) is 4.79 Å². The van der Waals surface area contributed by atoms with Crippen LogP contribution in [0.2, 0.25) is 0 Å². The lowest BCUT2D eigenvalue weighted by Gasteiger charge is -2.19. The molecule has 1 aliphatic rings. The van der Waals surface area contributed by atoms with Crippen LogP contribution in [0, 0.1) is 5.82 Å². The number of amides is 2. The van der Waals surface area contributed by atoms with E-state index in [0.29, 0.717) is 49.1 Å². The zero-order valence-electron chi connectivity index (χ0n) is 20.8. The molecule has 8 heteroatoms. The smallest absolute Gasteiger partial charge is 0.329 e. The minimum absolute atomic E-state index is 0.151. The Morgan fingerprint density at radius 2 is 1.83 bits per heavy atom. The maximum atomic E-state index is 15.1. The van der Waals surface area contributed by atoms with Gasteiger partial charge in [0.15, 0.2) is 5.88 Å². The summed E-state index contributed by atoms with van der Waals surface area (Å²) in [6.07, 6.45) is 2.96. The Bertz CT molecular complexity index is 1200. The van der Waals surface area contributed by atoms with Crippen LogP contribution in [0.3, 0.4) is 0 Å². The largest absolute Gasteiger partial charge is 0.479 e. The first kappa shape index (κ1) is 25.2. The van der Waals surface area contributed by atoms with Gasteiger partial charge < -0.3 is 15.0 Å². The van der Waals surface area contributed by atoms with Crippen molar-refractivity contribution in [2.45, 2.75) is 12.8 Å². The van der Waals surface area contributed by atoms with E-state index in [1.54, 1.807) is 28.1 Å². The van der Waals surface area contributed by atoms with Crippen molar-refractivity contribution in [2.75, 3.05) is 55.5 Å². The number of ether oxygens (including phenoxy) is 1. The van der Waals surface area contributed by atoms with Gasteiger partial charge in [-0.25, -0.2) is 14.2 Å². The normalized spacial score (nSPS) is 13.4. The molecule has 1 aromatic heterocycles.